The fourth-order valence-corrected chi connectivity index (χ4v) is 3.38. The molecule has 0 radical (unpaired) electrons. The standard InChI is InChI=1S/C21H38N.BrH/c1-5-7-8-9-10-11-15-18-22(3,4)19-20(6-2)21-16-13-12-14-17-21;/h12-14,16-17,20H,5-11,15,18-19H2,1-4H3;1H/q+1;/p-1. The summed E-state index contributed by atoms with van der Waals surface area (Å²) in [7, 11) is 4.81. The van der Waals surface area contributed by atoms with Crippen LogP contribution in [0.2, 0.25) is 0 Å². The SMILES string of the molecule is CCCCCCCCC[N+](C)(C)CC(CC)c1ccccc1.[Br-]. The molecule has 23 heavy (non-hydrogen) atoms. The number of hydrogen-bond donors (Lipinski definition) is 0. The average Bonchev–Trinajstić information content (AvgIpc) is 2.52. The van der Waals surface area contributed by atoms with Crippen LogP contribution >= 0.6 is 0 Å². The second-order valence-corrected chi connectivity index (χ2v) is 7.48. The normalized spacial score (nSPS) is 12.7. The molecule has 0 amide bonds. The monoisotopic (exact) mass is 383 g/mol. The van der Waals surface area contributed by atoms with Gasteiger partial charge in [0.2, 0.25) is 0 Å². The lowest BCUT2D eigenvalue weighted by molar-refractivity contribution is -0.892. The molecule has 1 nitrogen and oxygen atoms in total. The second-order valence-electron chi connectivity index (χ2n) is 7.48. The van der Waals surface area contributed by atoms with Gasteiger partial charge in [0.1, 0.15) is 0 Å². The molecule has 2 heteroatoms. The number of benzene rings is 1. The van der Waals surface area contributed by atoms with Crippen LogP contribution in [0, 0.1) is 0 Å². The van der Waals surface area contributed by atoms with E-state index in [1.165, 1.54) is 70.0 Å². The second kappa shape index (κ2) is 13.0. The molecule has 1 atom stereocenters. The Hall–Kier alpha value is -0.340. The van der Waals surface area contributed by atoms with Crippen molar-refractivity contribution in [1.29, 1.82) is 0 Å². The minimum Gasteiger partial charge on any atom is -1.00 e. The molecule has 0 aliphatic carbocycles. The van der Waals surface area contributed by atoms with Crippen LogP contribution in [-0.4, -0.2) is 31.7 Å². The summed E-state index contributed by atoms with van der Waals surface area (Å²) in [5.74, 6) is 0.695. The Morgan fingerprint density at radius 1 is 0.826 bits per heavy atom. The van der Waals surface area contributed by atoms with Crippen LogP contribution in [0.3, 0.4) is 0 Å². The maximum atomic E-state index is 2.41. The minimum atomic E-state index is 0. The van der Waals surface area contributed by atoms with Crippen molar-refractivity contribution in [3.05, 3.63) is 35.9 Å². The Morgan fingerprint density at radius 2 is 1.39 bits per heavy atom. The molecule has 134 valence electrons. The number of quaternary nitrogens is 1. The van der Waals surface area contributed by atoms with Gasteiger partial charge in [0.05, 0.1) is 27.2 Å². The van der Waals surface area contributed by atoms with E-state index in [9.17, 15) is 0 Å². The molecule has 1 aromatic carbocycles. The fourth-order valence-electron chi connectivity index (χ4n) is 3.38. The summed E-state index contributed by atoms with van der Waals surface area (Å²) in [5.41, 5.74) is 1.51. The molecule has 1 unspecified atom stereocenters. The highest BCUT2D eigenvalue weighted by molar-refractivity contribution is 5.19. The number of hydrogen-bond acceptors (Lipinski definition) is 0. The molecular weight excluding hydrogens is 346 g/mol. The lowest BCUT2D eigenvalue weighted by Gasteiger charge is -2.33. The van der Waals surface area contributed by atoms with Gasteiger partial charge < -0.3 is 21.5 Å². The third-order valence-corrected chi connectivity index (χ3v) is 4.85. The van der Waals surface area contributed by atoms with E-state index < -0.39 is 0 Å². The predicted molar refractivity (Wildman–Crippen MR) is 99.3 cm³/mol. The first-order valence-corrected chi connectivity index (χ1v) is 9.46. The van der Waals surface area contributed by atoms with E-state index >= 15 is 0 Å². The van der Waals surface area contributed by atoms with Gasteiger partial charge in [-0.1, -0.05) is 76.3 Å². The van der Waals surface area contributed by atoms with Crippen molar-refractivity contribution in [3.63, 3.8) is 0 Å². The smallest absolute Gasteiger partial charge is 0.0852 e. The number of likely N-dealkylation sites (N-methyl/N-ethyl adjacent to an activating group) is 1. The largest absolute Gasteiger partial charge is 1.00 e. The van der Waals surface area contributed by atoms with E-state index in [0.29, 0.717) is 5.92 Å². The highest BCUT2D eigenvalue weighted by Gasteiger charge is 2.21. The molecule has 0 saturated carbocycles. The number of halogens is 1. The van der Waals surface area contributed by atoms with Gasteiger partial charge in [0.25, 0.3) is 0 Å². The first-order chi connectivity index (χ1) is 10.6. The Balaban J connectivity index is 0.00000484. The van der Waals surface area contributed by atoms with E-state index in [1.807, 2.05) is 0 Å². The quantitative estimate of drug-likeness (QED) is 0.384. The molecule has 0 saturated heterocycles. The van der Waals surface area contributed by atoms with Gasteiger partial charge >= 0.3 is 0 Å². The number of rotatable bonds is 12. The summed E-state index contributed by atoms with van der Waals surface area (Å²) in [6.07, 6.45) is 11.1. The first-order valence-electron chi connectivity index (χ1n) is 9.46. The Morgan fingerprint density at radius 3 is 1.96 bits per heavy atom. The molecule has 0 spiro atoms. The van der Waals surface area contributed by atoms with Crippen molar-refractivity contribution in [1.82, 2.24) is 0 Å². The zero-order valence-electron chi connectivity index (χ0n) is 15.9. The van der Waals surface area contributed by atoms with E-state index in [0.717, 1.165) is 4.48 Å². The predicted octanol–water partition coefficient (Wildman–Crippen LogP) is 3.01. The van der Waals surface area contributed by atoms with Crippen LogP contribution in [0.5, 0.6) is 0 Å². The summed E-state index contributed by atoms with van der Waals surface area (Å²) in [5, 5.41) is 0. The van der Waals surface area contributed by atoms with Gasteiger partial charge in [0.15, 0.2) is 0 Å². The molecule has 0 heterocycles. The first kappa shape index (κ1) is 22.7. The lowest BCUT2D eigenvalue weighted by atomic mass is 9.95. The van der Waals surface area contributed by atoms with Crippen LogP contribution < -0.4 is 17.0 Å². The van der Waals surface area contributed by atoms with E-state index in [2.05, 4.69) is 58.3 Å². The Kier molecular flexibility index (Phi) is 12.8. The van der Waals surface area contributed by atoms with Gasteiger partial charge in [-0.25, -0.2) is 0 Å². The molecule has 1 aromatic rings. The molecule has 1 rings (SSSR count). The van der Waals surface area contributed by atoms with Crippen LogP contribution in [0.4, 0.5) is 0 Å². The van der Waals surface area contributed by atoms with Crippen molar-refractivity contribution in [2.24, 2.45) is 0 Å². The molecule has 0 aliphatic rings. The van der Waals surface area contributed by atoms with Crippen molar-refractivity contribution < 1.29 is 21.5 Å². The molecule has 0 bridgehead atoms. The van der Waals surface area contributed by atoms with Crippen molar-refractivity contribution in [2.75, 3.05) is 27.2 Å². The van der Waals surface area contributed by atoms with E-state index in [4.69, 9.17) is 0 Å². The summed E-state index contributed by atoms with van der Waals surface area (Å²) >= 11 is 0. The van der Waals surface area contributed by atoms with Crippen LogP contribution in [-0.2, 0) is 0 Å². The van der Waals surface area contributed by atoms with Crippen molar-refractivity contribution in [2.45, 2.75) is 71.1 Å². The summed E-state index contributed by atoms with van der Waals surface area (Å²) in [6, 6.07) is 11.1. The maximum absolute atomic E-state index is 2.41. The topological polar surface area (TPSA) is 0 Å². The summed E-state index contributed by atoms with van der Waals surface area (Å²) in [4.78, 5) is 0. The number of nitrogens with zero attached hydrogens (tertiary/aromatic N) is 1. The third-order valence-electron chi connectivity index (χ3n) is 4.85. The Bertz CT molecular complexity index is 375. The lowest BCUT2D eigenvalue weighted by Crippen LogP contribution is -3.00. The van der Waals surface area contributed by atoms with Crippen molar-refractivity contribution in [3.8, 4) is 0 Å². The Labute approximate surface area is 155 Å². The van der Waals surface area contributed by atoms with Crippen LogP contribution in [0.15, 0.2) is 30.3 Å². The minimum absolute atomic E-state index is 0. The fraction of sp³-hybridized carbons (Fsp3) is 0.714. The zero-order chi connectivity index (χ0) is 16.3. The van der Waals surface area contributed by atoms with Gasteiger partial charge in [0, 0.05) is 5.92 Å². The molecular formula is C21H38BrN. The van der Waals surface area contributed by atoms with E-state index in [-0.39, 0.29) is 17.0 Å². The highest BCUT2D eigenvalue weighted by atomic mass is 79.9. The highest BCUT2D eigenvalue weighted by Crippen LogP contribution is 2.23. The average molecular weight is 384 g/mol. The van der Waals surface area contributed by atoms with Gasteiger partial charge in [-0.15, -0.1) is 0 Å². The van der Waals surface area contributed by atoms with Gasteiger partial charge in [-0.05, 0) is 24.8 Å². The zero-order valence-corrected chi connectivity index (χ0v) is 17.4. The summed E-state index contributed by atoms with van der Waals surface area (Å²) < 4.78 is 1.16. The molecule has 0 fully saturated rings. The molecule has 0 N–H and O–H groups in total. The van der Waals surface area contributed by atoms with Crippen molar-refractivity contribution >= 4 is 0 Å². The van der Waals surface area contributed by atoms with Gasteiger partial charge in [-0.3, -0.25) is 0 Å². The van der Waals surface area contributed by atoms with E-state index in [1.54, 1.807) is 0 Å². The van der Waals surface area contributed by atoms with Crippen LogP contribution in [0.25, 0.3) is 0 Å². The molecule has 0 aliphatic heterocycles. The molecule has 0 aromatic heterocycles. The number of unbranched alkanes of at least 4 members (excludes halogenated alkanes) is 6. The maximum Gasteiger partial charge on any atom is 0.0852 e. The summed E-state index contributed by atoms with van der Waals surface area (Å²) in [6.45, 7) is 7.19. The third kappa shape index (κ3) is 10.2. The van der Waals surface area contributed by atoms with Gasteiger partial charge in [-0.2, -0.15) is 0 Å². The van der Waals surface area contributed by atoms with Crippen LogP contribution in [0.1, 0.15) is 76.7 Å².